The number of morpholine rings is 1. The van der Waals surface area contributed by atoms with Gasteiger partial charge in [0.1, 0.15) is 0 Å². The lowest BCUT2D eigenvalue weighted by Gasteiger charge is -2.24. The number of ether oxygens (including phenoxy) is 1. The highest BCUT2D eigenvalue weighted by Gasteiger charge is 2.12. The molecule has 1 heterocycles. The van der Waals surface area contributed by atoms with Crippen LogP contribution in [-0.4, -0.2) is 25.8 Å². The molecule has 1 aliphatic rings. The van der Waals surface area contributed by atoms with Crippen LogP contribution >= 0.6 is 0 Å². The van der Waals surface area contributed by atoms with Gasteiger partial charge >= 0.3 is 0 Å². The van der Waals surface area contributed by atoms with Crippen LogP contribution in [-0.2, 0) is 11.2 Å². The summed E-state index contributed by atoms with van der Waals surface area (Å²) < 4.78 is 5.47. The molecule has 0 spiro atoms. The second-order valence-electron chi connectivity index (χ2n) is 5.00. The highest BCUT2D eigenvalue weighted by atomic mass is 16.5. The molecule has 1 aliphatic heterocycles. The van der Waals surface area contributed by atoms with Crippen molar-refractivity contribution in [3.63, 3.8) is 0 Å². The highest BCUT2D eigenvalue weighted by Crippen LogP contribution is 2.10. The minimum absolute atomic E-state index is 0.506. The number of aryl methyl sites for hydroxylation is 1. The molecule has 1 saturated heterocycles. The second-order valence-corrected chi connectivity index (χ2v) is 5.00. The van der Waals surface area contributed by atoms with Crippen LogP contribution in [0.5, 0.6) is 0 Å². The van der Waals surface area contributed by atoms with Crippen LogP contribution < -0.4 is 5.32 Å². The van der Waals surface area contributed by atoms with E-state index in [2.05, 4.69) is 48.6 Å². The van der Waals surface area contributed by atoms with E-state index < -0.39 is 0 Å². The average Bonchev–Trinajstić information content (AvgIpc) is 2.41. The zero-order chi connectivity index (χ0) is 12.6. The largest absolute Gasteiger partial charge is 0.379 e. The predicted molar refractivity (Wildman–Crippen MR) is 75.7 cm³/mol. The number of nitrogens with one attached hydrogen (secondary N) is 1. The SMILES string of the molecule is C/C(=C/CCc1ccccc1)CC1COCCN1. The number of rotatable bonds is 5. The van der Waals surface area contributed by atoms with Crippen LogP contribution in [0.4, 0.5) is 0 Å². The molecule has 0 aliphatic carbocycles. The van der Waals surface area contributed by atoms with E-state index in [-0.39, 0.29) is 0 Å². The van der Waals surface area contributed by atoms with Gasteiger partial charge in [-0.2, -0.15) is 0 Å². The van der Waals surface area contributed by atoms with Gasteiger partial charge in [0.15, 0.2) is 0 Å². The van der Waals surface area contributed by atoms with E-state index in [1.54, 1.807) is 0 Å². The van der Waals surface area contributed by atoms with E-state index in [9.17, 15) is 0 Å². The lowest BCUT2D eigenvalue weighted by molar-refractivity contribution is 0.0770. The summed E-state index contributed by atoms with van der Waals surface area (Å²) in [5.41, 5.74) is 2.88. The fourth-order valence-corrected chi connectivity index (χ4v) is 2.35. The van der Waals surface area contributed by atoms with Gasteiger partial charge in [-0.15, -0.1) is 0 Å². The summed E-state index contributed by atoms with van der Waals surface area (Å²) in [6.07, 6.45) is 5.73. The van der Waals surface area contributed by atoms with Crippen molar-refractivity contribution in [2.45, 2.75) is 32.2 Å². The topological polar surface area (TPSA) is 21.3 Å². The molecule has 18 heavy (non-hydrogen) atoms. The first kappa shape index (κ1) is 13.3. The molecular formula is C16H23NO. The standard InChI is InChI=1S/C16H23NO/c1-14(12-16-13-18-11-10-17-16)6-5-9-15-7-3-2-4-8-15/h2-4,6-8,16-17H,5,9-13H2,1H3/b14-6-. The molecule has 1 aromatic carbocycles. The monoisotopic (exact) mass is 245 g/mol. The molecule has 1 N–H and O–H groups in total. The normalized spacial score (nSPS) is 20.9. The number of hydrogen-bond donors (Lipinski definition) is 1. The molecule has 1 aromatic rings. The molecule has 0 saturated carbocycles. The van der Waals surface area contributed by atoms with Crippen LogP contribution in [0, 0.1) is 0 Å². The van der Waals surface area contributed by atoms with Crippen LogP contribution in [0.25, 0.3) is 0 Å². The Kier molecular flexibility index (Phi) is 5.43. The Hall–Kier alpha value is -1.12. The van der Waals surface area contributed by atoms with Crippen LogP contribution in [0.3, 0.4) is 0 Å². The van der Waals surface area contributed by atoms with E-state index >= 15 is 0 Å². The van der Waals surface area contributed by atoms with Gasteiger partial charge in [0, 0.05) is 12.6 Å². The molecular weight excluding hydrogens is 222 g/mol. The molecule has 0 aromatic heterocycles. The molecule has 98 valence electrons. The highest BCUT2D eigenvalue weighted by molar-refractivity contribution is 5.15. The minimum atomic E-state index is 0.506. The minimum Gasteiger partial charge on any atom is -0.379 e. The third kappa shape index (κ3) is 4.63. The van der Waals surface area contributed by atoms with Crippen molar-refractivity contribution < 1.29 is 4.74 Å². The van der Waals surface area contributed by atoms with Crippen LogP contribution in [0.15, 0.2) is 42.0 Å². The molecule has 1 atom stereocenters. The van der Waals surface area contributed by atoms with Gasteiger partial charge in [-0.05, 0) is 31.7 Å². The molecule has 0 amide bonds. The second kappa shape index (κ2) is 7.34. The van der Waals surface area contributed by atoms with Crippen molar-refractivity contribution in [3.05, 3.63) is 47.5 Å². The lowest BCUT2D eigenvalue weighted by Crippen LogP contribution is -2.41. The fourth-order valence-electron chi connectivity index (χ4n) is 2.35. The van der Waals surface area contributed by atoms with Gasteiger partial charge < -0.3 is 10.1 Å². The summed E-state index contributed by atoms with van der Waals surface area (Å²) in [5.74, 6) is 0. The van der Waals surface area contributed by atoms with E-state index in [0.717, 1.165) is 39.0 Å². The summed E-state index contributed by atoms with van der Waals surface area (Å²) in [4.78, 5) is 0. The number of allylic oxidation sites excluding steroid dienone is 1. The van der Waals surface area contributed by atoms with E-state index in [1.807, 2.05) is 0 Å². The zero-order valence-corrected chi connectivity index (χ0v) is 11.2. The fraction of sp³-hybridized carbons (Fsp3) is 0.500. The number of benzene rings is 1. The van der Waals surface area contributed by atoms with Crippen molar-refractivity contribution in [2.24, 2.45) is 0 Å². The Balaban J connectivity index is 1.71. The summed E-state index contributed by atoms with van der Waals surface area (Å²) >= 11 is 0. The smallest absolute Gasteiger partial charge is 0.0623 e. The van der Waals surface area contributed by atoms with Gasteiger partial charge in [0.25, 0.3) is 0 Å². The summed E-state index contributed by atoms with van der Waals surface area (Å²) in [6, 6.07) is 11.2. The Morgan fingerprint density at radius 1 is 1.39 bits per heavy atom. The van der Waals surface area contributed by atoms with E-state index in [1.165, 1.54) is 11.1 Å². The van der Waals surface area contributed by atoms with Crippen molar-refractivity contribution >= 4 is 0 Å². The van der Waals surface area contributed by atoms with E-state index in [0.29, 0.717) is 6.04 Å². The molecule has 2 nitrogen and oxygen atoms in total. The van der Waals surface area contributed by atoms with Gasteiger partial charge in [0.05, 0.1) is 13.2 Å². The van der Waals surface area contributed by atoms with Crippen LogP contribution in [0.2, 0.25) is 0 Å². The van der Waals surface area contributed by atoms with E-state index in [4.69, 9.17) is 4.74 Å². The average molecular weight is 245 g/mol. The van der Waals surface area contributed by atoms with Crippen molar-refractivity contribution in [1.82, 2.24) is 5.32 Å². The molecule has 2 rings (SSSR count). The summed E-state index contributed by atoms with van der Waals surface area (Å²) in [6.45, 7) is 4.92. The van der Waals surface area contributed by atoms with Crippen molar-refractivity contribution in [3.8, 4) is 0 Å². The van der Waals surface area contributed by atoms with Crippen LogP contribution in [0.1, 0.15) is 25.3 Å². The first-order valence-corrected chi connectivity index (χ1v) is 6.85. The molecule has 2 heteroatoms. The third-order valence-electron chi connectivity index (χ3n) is 3.34. The summed E-state index contributed by atoms with van der Waals surface area (Å²) in [7, 11) is 0. The first-order chi connectivity index (χ1) is 8.84. The van der Waals surface area contributed by atoms with Crippen molar-refractivity contribution in [2.75, 3.05) is 19.8 Å². The Bertz CT molecular complexity index is 366. The Labute approximate surface area is 110 Å². The van der Waals surface area contributed by atoms with Gasteiger partial charge in [-0.1, -0.05) is 42.0 Å². The summed E-state index contributed by atoms with van der Waals surface area (Å²) in [5, 5.41) is 3.49. The van der Waals surface area contributed by atoms with Crippen molar-refractivity contribution in [1.29, 1.82) is 0 Å². The number of hydrogen-bond acceptors (Lipinski definition) is 2. The zero-order valence-electron chi connectivity index (χ0n) is 11.2. The first-order valence-electron chi connectivity index (χ1n) is 6.85. The molecule has 1 fully saturated rings. The quantitative estimate of drug-likeness (QED) is 0.805. The molecule has 1 unspecified atom stereocenters. The maximum absolute atomic E-state index is 5.47. The van der Waals surface area contributed by atoms with Gasteiger partial charge in [-0.25, -0.2) is 0 Å². The third-order valence-corrected chi connectivity index (χ3v) is 3.34. The Morgan fingerprint density at radius 3 is 2.94 bits per heavy atom. The molecule has 0 bridgehead atoms. The Morgan fingerprint density at radius 2 is 2.22 bits per heavy atom. The maximum Gasteiger partial charge on any atom is 0.0623 e. The lowest BCUT2D eigenvalue weighted by atomic mass is 10.0. The van der Waals surface area contributed by atoms with Gasteiger partial charge in [-0.3, -0.25) is 0 Å². The molecule has 0 radical (unpaired) electrons. The maximum atomic E-state index is 5.47. The van der Waals surface area contributed by atoms with Gasteiger partial charge in [0.2, 0.25) is 0 Å². The predicted octanol–water partition coefficient (Wildman–Crippen LogP) is 2.94.